The molecule has 0 bridgehead atoms. The first kappa shape index (κ1) is 20.7. The molecule has 0 atom stereocenters. The molecule has 1 heterocycles. The smallest absolute Gasteiger partial charge is 0.410 e. The van der Waals surface area contributed by atoms with Gasteiger partial charge in [0.2, 0.25) is 0 Å². The topological polar surface area (TPSA) is 76.2 Å². The summed E-state index contributed by atoms with van der Waals surface area (Å²) in [7, 11) is -3.73. The Morgan fingerprint density at radius 2 is 1.65 bits per heavy atom. The largest absolute Gasteiger partial charge is 0.444 e. The van der Waals surface area contributed by atoms with Crippen LogP contribution >= 0.6 is 0 Å². The summed E-state index contributed by atoms with van der Waals surface area (Å²) in [5, 5.41) is 0. The molecule has 0 spiro atoms. The molecule has 0 aromatic heterocycles. The van der Waals surface area contributed by atoms with Gasteiger partial charge >= 0.3 is 6.09 Å². The second-order valence-electron chi connectivity index (χ2n) is 7.40. The van der Waals surface area contributed by atoms with Gasteiger partial charge in [0.1, 0.15) is 5.60 Å². The molecule has 7 nitrogen and oxygen atoms in total. The van der Waals surface area contributed by atoms with Crippen molar-refractivity contribution < 1.29 is 22.1 Å². The lowest BCUT2D eigenvalue weighted by atomic mass is 10.2. The Labute approximate surface area is 156 Å². The van der Waals surface area contributed by atoms with Gasteiger partial charge in [0.15, 0.2) is 0 Å². The molecule has 2 rings (SSSR count). The minimum atomic E-state index is -3.73. The van der Waals surface area contributed by atoms with Gasteiger partial charge in [-0.25, -0.2) is 4.79 Å². The van der Waals surface area contributed by atoms with Gasteiger partial charge in [0.05, 0.1) is 11.5 Å². The Bertz CT molecular complexity index is 702. The molecule has 1 aliphatic heterocycles. The predicted octanol–water partition coefficient (Wildman–Crippen LogP) is 2.25. The molecule has 0 saturated carbocycles. The molecular formula is C18H28N2O5S. The molecule has 1 amide bonds. The maximum Gasteiger partial charge on any atom is 0.410 e. The molecule has 1 aromatic rings. The zero-order valence-electron chi connectivity index (χ0n) is 15.9. The summed E-state index contributed by atoms with van der Waals surface area (Å²) in [5.41, 5.74) is 0.485. The lowest BCUT2D eigenvalue weighted by Crippen LogP contribution is -2.50. The number of nitrogens with zero attached hydrogens (tertiary/aromatic N) is 2. The van der Waals surface area contributed by atoms with Gasteiger partial charge in [-0.2, -0.15) is 8.42 Å². The summed E-state index contributed by atoms with van der Waals surface area (Å²) in [6, 6.07) is 6.58. The van der Waals surface area contributed by atoms with Gasteiger partial charge in [-0.3, -0.25) is 9.08 Å². The van der Waals surface area contributed by atoms with Crippen molar-refractivity contribution in [3.05, 3.63) is 29.8 Å². The van der Waals surface area contributed by atoms with Crippen molar-refractivity contribution in [1.82, 2.24) is 9.80 Å². The summed E-state index contributed by atoms with van der Waals surface area (Å²) in [6.45, 7) is 10.4. The number of hydrogen-bond donors (Lipinski definition) is 0. The van der Waals surface area contributed by atoms with Crippen LogP contribution in [0.1, 0.15) is 26.3 Å². The maximum absolute atomic E-state index is 12.1. The molecule has 1 aliphatic rings. The van der Waals surface area contributed by atoms with Gasteiger partial charge in [0, 0.05) is 32.7 Å². The molecule has 0 aliphatic carbocycles. The van der Waals surface area contributed by atoms with E-state index in [1.807, 2.05) is 27.7 Å². The van der Waals surface area contributed by atoms with E-state index in [2.05, 4.69) is 4.90 Å². The molecule has 26 heavy (non-hydrogen) atoms. The number of piperazine rings is 1. The fourth-order valence-electron chi connectivity index (χ4n) is 2.53. The molecule has 0 N–H and O–H groups in total. The fourth-order valence-corrected chi connectivity index (χ4v) is 3.43. The van der Waals surface area contributed by atoms with E-state index in [1.54, 1.807) is 29.2 Å². The molecular weight excluding hydrogens is 356 g/mol. The second-order valence-corrected chi connectivity index (χ2v) is 9.01. The van der Waals surface area contributed by atoms with Crippen LogP contribution in [0.25, 0.3) is 0 Å². The van der Waals surface area contributed by atoms with Crippen molar-refractivity contribution in [2.75, 3.05) is 39.3 Å². The minimum absolute atomic E-state index is 0.0860. The fraction of sp³-hybridized carbons (Fsp3) is 0.611. The summed E-state index contributed by atoms with van der Waals surface area (Å²) in [4.78, 5) is 15.9. The monoisotopic (exact) mass is 384 g/mol. The third-order valence-electron chi connectivity index (χ3n) is 3.98. The van der Waals surface area contributed by atoms with Gasteiger partial charge < -0.3 is 9.64 Å². The lowest BCUT2D eigenvalue weighted by Gasteiger charge is -2.35. The van der Waals surface area contributed by atoms with E-state index in [4.69, 9.17) is 8.92 Å². The Morgan fingerprint density at radius 1 is 1.08 bits per heavy atom. The number of carbonyl (C=O) groups is 1. The molecule has 0 radical (unpaired) electrons. The van der Waals surface area contributed by atoms with Crippen LogP contribution in [0.5, 0.6) is 0 Å². The third-order valence-corrected chi connectivity index (χ3v) is 5.31. The average Bonchev–Trinajstić information content (AvgIpc) is 2.54. The maximum atomic E-state index is 12.1. The van der Waals surface area contributed by atoms with Gasteiger partial charge in [-0.05, 0) is 39.8 Å². The first-order valence-electron chi connectivity index (χ1n) is 8.73. The SMILES string of the molecule is Cc1ccc(S(=O)(=O)OCCN2CCN(C(=O)OC(C)(C)C)CC2)cc1. The Morgan fingerprint density at radius 3 is 2.19 bits per heavy atom. The van der Waals surface area contributed by atoms with Crippen molar-refractivity contribution in [1.29, 1.82) is 0 Å². The van der Waals surface area contributed by atoms with E-state index < -0.39 is 15.7 Å². The van der Waals surface area contributed by atoms with Gasteiger partial charge in [-0.15, -0.1) is 0 Å². The van der Waals surface area contributed by atoms with Gasteiger partial charge in [-0.1, -0.05) is 17.7 Å². The number of amides is 1. The predicted molar refractivity (Wildman–Crippen MR) is 98.6 cm³/mol. The van der Waals surface area contributed by atoms with E-state index in [0.717, 1.165) is 5.56 Å². The Balaban J connectivity index is 1.75. The lowest BCUT2D eigenvalue weighted by molar-refractivity contribution is 0.0138. The number of hydrogen-bond acceptors (Lipinski definition) is 6. The number of carbonyl (C=O) groups excluding carboxylic acids is 1. The Hall–Kier alpha value is -1.64. The quantitative estimate of drug-likeness (QED) is 0.725. The van der Waals surface area contributed by atoms with Crippen LogP contribution in [0.4, 0.5) is 4.79 Å². The molecule has 146 valence electrons. The second kappa shape index (κ2) is 8.37. The number of benzene rings is 1. The average molecular weight is 384 g/mol. The van der Waals surface area contributed by atoms with Crippen LogP contribution in [0.2, 0.25) is 0 Å². The van der Waals surface area contributed by atoms with E-state index in [-0.39, 0.29) is 17.6 Å². The molecule has 1 saturated heterocycles. The zero-order valence-corrected chi connectivity index (χ0v) is 16.7. The molecule has 1 fully saturated rings. The van der Waals surface area contributed by atoms with Crippen molar-refractivity contribution in [3.8, 4) is 0 Å². The van der Waals surface area contributed by atoms with E-state index in [0.29, 0.717) is 32.7 Å². The van der Waals surface area contributed by atoms with Crippen LogP contribution < -0.4 is 0 Å². The standard InChI is InChI=1S/C18H28N2O5S/c1-15-5-7-16(8-6-15)26(22,23)24-14-13-19-9-11-20(12-10-19)17(21)25-18(2,3)4/h5-8H,9-14H2,1-4H3. The first-order chi connectivity index (χ1) is 12.1. The number of ether oxygens (including phenoxy) is 1. The summed E-state index contributed by atoms with van der Waals surface area (Å²) in [6.07, 6.45) is -0.310. The highest BCUT2D eigenvalue weighted by Gasteiger charge is 2.26. The molecule has 1 aromatic carbocycles. The van der Waals surface area contributed by atoms with E-state index in [9.17, 15) is 13.2 Å². The van der Waals surface area contributed by atoms with Crippen molar-refractivity contribution in [2.45, 2.75) is 38.2 Å². The van der Waals surface area contributed by atoms with Crippen molar-refractivity contribution in [3.63, 3.8) is 0 Å². The summed E-state index contributed by atoms with van der Waals surface area (Å²) in [5.74, 6) is 0. The minimum Gasteiger partial charge on any atom is -0.444 e. The van der Waals surface area contributed by atoms with Crippen LogP contribution in [0.15, 0.2) is 29.2 Å². The summed E-state index contributed by atoms with van der Waals surface area (Å²) >= 11 is 0. The number of rotatable bonds is 5. The molecule has 0 unspecified atom stereocenters. The number of aryl methyl sites for hydroxylation is 1. The normalized spacial score (nSPS) is 16.5. The highest BCUT2D eigenvalue weighted by atomic mass is 32.2. The van der Waals surface area contributed by atoms with Gasteiger partial charge in [0.25, 0.3) is 10.1 Å². The van der Waals surface area contributed by atoms with Crippen LogP contribution in [-0.4, -0.2) is 69.2 Å². The first-order valence-corrected chi connectivity index (χ1v) is 10.1. The zero-order chi connectivity index (χ0) is 19.4. The Kier molecular flexibility index (Phi) is 6.65. The van der Waals surface area contributed by atoms with E-state index in [1.165, 1.54) is 0 Å². The van der Waals surface area contributed by atoms with Crippen LogP contribution in [0, 0.1) is 6.92 Å². The highest BCUT2D eigenvalue weighted by Crippen LogP contribution is 2.14. The van der Waals surface area contributed by atoms with Crippen molar-refractivity contribution >= 4 is 16.2 Å². The molecule has 8 heteroatoms. The van der Waals surface area contributed by atoms with Crippen LogP contribution in [0.3, 0.4) is 0 Å². The third kappa shape index (κ3) is 6.26. The van der Waals surface area contributed by atoms with Crippen LogP contribution in [-0.2, 0) is 19.0 Å². The summed E-state index contributed by atoms with van der Waals surface area (Å²) < 4.78 is 34.8. The highest BCUT2D eigenvalue weighted by molar-refractivity contribution is 7.86. The van der Waals surface area contributed by atoms with Crippen molar-refractivity contribution in [2.24, 2.45) is 0 Å². The van der Waals surface area contributed by atoms with E-state index >= 15 is 0 Å².